The molecule has 1 unspecified atom stereocenters. The maximum absolute atomic E-state index is 13.1. The number of halogens is 1. The topological polar surface area (TPSA) is 58.6 Å². The normalized spacial score (nSPS) is 12.2. The van der Waals surface area contributed by atoms with E-state index in [1.165, 1.54) is 0 Å². The first kappa shape index (κ1) is 22.8. The van der Waals surface area contributed by atoms with Crippen LogP contribution in [0.5, 0.6) is 5.75 Å². The molecule has 0 heterocycles. The van der Waals surface area contributed by atoms with Crippen molar-refractivity contribution in [3.05, 3.63) is 65.2 Å². The largest absolute Gasteiger partial charge is 0.484 e. The van der Waals surface area contributed by atoms with Gasteiger partial charge in [-0.15, -0.1) is 0 Å². The van der Waals surface area contributed by atoms with Gasteiger partial charge in [0.15, 0.2) is 6.61 Å². The number of para-hydroxylation sites is 1. The number of amides is 2. The highest BCUT2D eigenvalue weighted by atomic mass is 35.5. The fourth-order valence-electron chi connectivity index (χ4n) is 2.90. The van der Waals surface area contributed by atoms with Gasteiger partial charge in [-0.1, -0.05) is 48.9 Å². The van der Waals surface area contributed by atoms with Crippen LogP contribution in [0.1, 0.15) is 39.7 Å². The second-order valence-corrected chi connectivity index (χ2v) is 8.35. The average molecular weight is 417 g/mol. The van der Waals surface area contributed by atoms with Crippen LogP contribution < -0.4 is 10.1 Å². The second kappa shape index (κ2) is 10.3. The first-order chi connectivity index (χ1) is 13.7. The zero-order chi connectivity index (χ0) is 21.4. The molecule has 0 aliphatic carbocycles. The van der Waals surface area contributed by atoms with Gasteiger partial charge in [0.05, 0.1) is 0 Å². The van der Waals surface area contributed by atoms with E-state index in [1.807, 2.05) is 58.0 Å². The van der Waals surface area contributed by atoms with Crippen LogP contribution in [0, 0.1) is 0 Å². The number of carbonyl (C=O) groups excluding carboxylic acids is 2. The first-order valence-electron chi connectivity index (χ1n) is 9.73. The van der Waals surface area contributed by atoms with E-state index in [1.54, 1.807) is 29.2 Å². The Bertz CT molecular complexity index is 801. The predicted molar refractivity (Wildman–Crippen MR) is 116 cm³/mol. The van der Waals surface area contributed by atoms with E-state index >= 15 is 0 Å². The Balaban J connectivity index is 2.21. The number of carbonyl (C=O) groups is 2. The Morgan fingerprint density at radius 2 is 1.69 bits per heavy atom. The zero-order valence-corrected chi connectivity index (χ0v) is 18.2. The van der Waals surface area contributed by atoms with E-state index in [4.69, 9.17) is 16.3 Å². The van der Waals surface area contributed by atoms with E-state index < -0.39 is 6.04 Å². The molecule has 5 nitrogen and oxygen atoms in total. The smallest absolute Gasteiger partial charge is 0.261 e. The van der Waals surface area contributed by atoms with Crippen LogP contribution in [0.2, 0.25) is 5.02 Å². The number of hydrogen-bond acceptors (Lipinski definition) is 3. The van der Waals surface area contributed by atoms with Gasteiger partial charge >= 0.3 is 0 Å². The van der Waals surface area contributed by atoms with Crippen LogP contribution in [-0.4, -0.2) is 34.9 Å². The molecule has 0 aliphatic rings. The van der Waals surface area contributed by atoms with Gasteiger partial charge in [-0.2, -0.15) is 0 Å². The number of rotatable bonds is 8. The number of nitrogens with one attached hydrogen (secondary N) is 1. The summed E-state index contributed by atoms with van der Waals surface area (Å²) in [5.41, 5.74) is 0.504. The summed E-state index contributed by atoms with van der Waals surface area (Å²) in [5, 5.41) is 3.60. The van der Waals surface area contributed by atoms with E-state index in [-0.39, 0.29) is 24.0 Å². The van der Waals surface area contributed by atoms with Crippen LogP contribution in [0.25, 0.3) is 0 Å². The van der Waals surface area contributed by atoms with Crippen LogP contribution in [0.4, 0.5) is 0 Å². The Morgan fingerprint density at radius 3 is 2.24 bits per heavy atom. The van der Waals surface area contributed by atoms with Gasteiger partial charge in [0, 0.05) is 17.1 Å². The molecule has 2 aromatic rings. The summed E-state index contributed by atoms with van der Waals surface area (Å²) in [4.78, 5) is 27.5. The third-order valence-corrected chi connectivity index (χ3v) is 4.51. The minimum Gasteiger partial charge on any atom is -0.484 e. The maximum Gasteiger partial charge on any atom is 0.261 e. The van der Waals surface area contributed by atoms with Crippen molar-refractivity contribution in [1.82, 2.24) is 10.2 Å². The molecule has 0 bridgehead atoms. The van der Waals surface area contributed by atoms with Gasteiger partial charge in [0.2, 0.25) is 5.91 Å². The van der Waals surface area contributed by atoms with Crippen LogP contribution in [-0.2, 0) is 16.1 Å². The van der Waals surface area contributed by atoms with Crippen LogP contribution in [0.15, 0.2) is 54.6 Å². The zero-order valence-electron chi connectivity index (χ0n) is 17.4. The van der Waals surface area contributed by atoms with Crippen molar-refractivity contribution in [2.24, 2.45) is 0 Å². The number of ether oxygens (including phenoxy) is 1. The number of hydrogen-bond donors (Lipinski definition) is 1. The molecule has 0 saturated carbocycles. The minimum absolute atomic E-state index is 0.142. The molecule has 2 rings (SSSR count). The first-order valence-corrected chi connectivity index (χ1v) is 10.1. The van der Waals surface area contributed by atoms with Gasteiger partial charge in [-0.3, -0.25) is 9.59 Å². The Kier molecular flexibility index (Phi) is 8.09. The van der Waals surface area contributed by atoms with E-state index in [9.17, 15) is 9.59 Å². The SMILES string of the molecule is CCC(C(=O)NC(C)(C)C)N(Cc1ccc(Cl)cc1)C(=O)COc1ccccc1. The molecular formula is C23H29ClN2O3. The molecule has 1 atom stereocenters. The summed E-state index contributed by atoms with van der Waals surface area (Å²) in [5.74, 6) is 0.182. The Hall–Kier alpha value is -2.53. The summed E-state index contributed by atoms with van der Waals surface area (Å²) in [6.45, 7) is 7.80. The number of benzene rings is 2. The summed E-state index contributed by atoms with van der Waals surface area (Å²) in [7, 11) is 0. The van der Waals surface area contributed by atoms with Crippen molar-refractivity contribution >= 4 is 23.4 Å². The van der Waals surface area contributed by atoms with E-state index in [0.29, 0.717) is 23.7 Å². The monoisotopic (exact) mass is 416 g/mol. The quantitative estimate of drug-likeness (QED) is 0.692. The molecular weight excluding hydrogens is 388 g/mol. The van der Waals surface area contributed by atoms with E-state index in [0.717, 1.165) is 5.56 Å². The standard InChI is InChI=1S/C23H29ClN2O3/c1-5-20(22(28)25-23(2,3)4)26(15-17-11-13-18(24)14-12-17)21(27)16-29-19-9-7-6-8-10-19/h6-14,20H,5,15-16H2,1-4H3,(H,25,28). The van der Waals surface area contributed by atoms with Crippen molar-refractivity contribution in [1.29, 1.82) is 0 Å². The molecule has 1 N–H and O–H groups in total. The molecule has 6 heteroatoms. The highest BCUT2D eigenvalue weighted by Crippen LogP contribution is 2.17. The fourth-order valence-corrected chi connectivity index (χ4v) is 3.03. The molecule has 0 saturated heterocycles. The van der Waals surface area contributed by atoms with Crippen molar-refractivity contribution in [3.8, 4) is 5.75 Å². The molecule has 156 valence electrons. The number of nitrogens with zero attached hydrogens (tertiary/aromatic N) is 1. The lowest BCUT2D eigenvalue weighted by Crippen LogP contribution is -2.54. The van der Waals surface area contributed by atoms with Crippen molar-refractivity contribution in [3.63, 3.8) is 0 Å². The predicted octanol–water partition coefficient (Wildman–Crippen LogP) is 4.44. The van der Waals surface area contributed by atoms with Gasteiger partial charge in [0.1, 0.15) is 11.8 Å². The molecule has 0 aromatic heterocycles. The molecule has 0 fully saturated rings. The molecule has 2 aromatic carbocycles. The van der Waals surface area contributed by atoms with Gasteiger partial charge in [-0.25, -0.2) is 0 Å². The van der Waals surface area contributed by atoms with Crippen molar-refractivity contribution in [2.75, 3.05) is 6.61 Å². The third kappa shape index (κ3) is 7.42. The van der Waals surface area contributed by atoms with Gasteiger partial charge in [-0.05, 0) is 57.0 Å². The van der Waals surface area contributed by atoms with Crippen LogP contribution in [0.3, 0.4) is 0 Å². The summed E-state index contributed by atoms with van der Waals surface area (Å²) >= 11 is 5.98. The molecule has 0 aliphatic heterocycles. The average Bonchev–Trinajstić information content (AvgIpc) is 2.67. The maximum atomic E-state index is 13.1. The summed E-state index contributed by atoms with van der Waals surface area (Å²) < 4.78 is 5.64. The lowest BCUT2D eigenvalue weighted by molar-refractivity contribution is -0.143. The third-order valence-electron chi connectivity index (χ3n) is 4.26. The molecule has 0 spiro atoms. The molecule has 2 amide bonds. The lowest BCUT2D eigenvalue weighted by Gasteiger charge is -2.33. The van der Waals surface area contributed by atoms with Crippen molar-refractivity contribution < 1.29 is 14.3 Å². The fraction of sp³-hybridized carbons (Fsp3) is 0.391. The molecule has 0 radical (unpaired) electrons. The minimum atomic E-state index is -0.600. The van der Waals surface area contributed by atoms with Crippen LogP contribution >= 0.6 is 11.6 Å². The Labute approximate surface area is 178 Å². The lowest BCUT2D eigenvalue weighted by atomic mass is 10.1. The van der Waals surface area contributed by atoms with E-state index in [2.05, 4.69) is 5.32 Å². The highest BCUT2D eigenvalue weighted by molar-refractivity contribution is 6.30. The van der Waals surface area contributed by atoms with Crippen molar-refractivity contribution in [2.45, 2.75) is 52.2 Å². The van der Waals surface area contributed by atoms with Gasteiger partial charge < -0.3 is 15.0 Å². The van der Waals surface area contributed by atoms with Gasteiger partial charge in [0.25, 0.3) is 5.91 Å². The molecule has 29 heavy (non-hydrogen) atoms. The summed E-state index contributed by atoms with van der Waals surface area (Å²) in [6.07, 6.45) is 0.493. The summed E-state index contributed by atoms with van der Waals surface area (Å²) in [6, 6.07) is 15.8. The Morgan fingerprint density at radius 1 is 1.07 bits per heavy atom. The highest BCUT2D eigenvalue weighted by Gasteiger charge is 2.30. The second-order valence-electron chi connectivity index (χ2n) is 7.91.